The number of pyridine rings is 1. The number of nitrogens with one attached hydrogen (secondary N) is 2. The van der Waals surface area contributed by atoms with E-state index in [1.807, 2.05) is 44.3 Å². The van der Waals surface area contributed by atoms with Gasteiger partial charge in [0.25, 0.3) is 5.91 Å². The van der Waals surface area contributed by atoms with Crippen LogP contribution in [0.2, 0.25) is 0 Å². The maximum atomic E-state index is 12.5. The van der Waals surface area contributed by atoms with Gasteiger partial charge in [-0.2, -0.15) is 0 Å². The zero-order valence-corrected chi connectivity index (χ0v) is 14.4. The molecule has 2 aromatic rings. The number of nitrogens with zero attached hydrogens (tertiary/aromatic N) is 1. The van der Waals surface area contributed by atoms with Gasteiger partial charge in [0.05, 0.1) is 0 Å². The van der Waals surface area contributed by atoms with E-state index < -0.39 is 0 Å². The Bertz CT molecular complexity index is 721. The van der Waals surface area contributed by atoms with E-state index in [0.717, 1.165) is 35.5 Å². The molecule has 0 unspecified atom stereocenters. The molecular formula is C20H25N3O. The lowest BCUT2D eigenvalue weighted by Gasteiger charge is -2.23. The Morgan fingerprint density at radius 2 is 2.21 bits per heavy atom. The Hall–Kier alpha value is -2.20. The average Bonchev–Trinajstić information content (AvgIpc) is 2.61. The fourth-order valence-corrected chi connectivity index (χ4v) is 3.26. The molecule has 1 aliphatic heterocycles. The van der Waals surface area contributed by atoms with Gasteiger partial charge in [0.15, 0.2) is 0 Å². The zero-order chi connectivity index (χ0) is 16.9. The van der Waals surface area contributed by atoms with Gasteiger partial charge in [-0.25, -0.2) is 0 Å². The number of piperidine rings is 1. The molecule has 0 aliphatic carbocycles. The molecule has 1 fully saturated rings. The van der Waals surface area contributed by atoms with Crippen molar-refractivity contribution in [1.82, 2.24) is 15.6 Å². The molecular weight excluding hydrogens is 298 g/mol. The van der Waals surface area contributed by atoms with Gasteiger partial charge in [-0.3, -0.25) is 9.78 Å². The van der Waals surface area contributed by atoms with E-state index in [1.165, 1.54) is 18.4 Å². The summed E-state index contributed by atoms with van der Waals surface area (Å²) in [7, 11) is 0. The van der Waals surface area contributed by atoms with Crippen molar-refractivity contribution in [2.24, 2.45) is 0 Å². The van der Waals surface area contributed by atoms with Crippen LogP contribution >= 0.6 is 0 Å². The fourth-order valence-electron chi connectivity index (χ4n) is 3.26. The van der Waals surface area contributed by atoms with E-state index in [0.29, 0.717) is 12.5 Å². The van der Waals surface area contributed by atoms with E-state index >= 15 is 0 Å². The molecule has 1 atom stereocenters. The van der Waals surface area contributed by atoms with Gasteiger partial charge in [-0.15, -0.1) is 0 Å². The number of aryl methyl sites for hydroxylation is 2. The van der Waals surface area contributed by atoms with Crippen LogP contribution in [-0.4, -0.2) is 24.0 Å². The molecule has 4 nitrogen and oxygen atoms in total. The molecule has 0 radical (unpaired) electrons. The van der Waals surface area contributed by atoms with Gasteiger partial charge in [-0.1, -0.05) is 12.1 Å². The highest BCUT2D eigenvalue weighted by Crippen LogP contribution is 2.23. The second-order valence-corrected chi connectivity index (χ2v) is 6.60. The lowest BCUT2D eigenvalue weighted by atomic mass is 9.90. The van der Waals surface area contributed by atoms with Crippen molar-refractivity contribution in [3.8, 4) is 0 Å². The van der Waals surface area contributed by atoms with E-state index in [-0.39, 0.29) is 5.91 Å². The summed E-state index contributed by atoms with van der Waals surface area (Å²) in [5.41, 5.74) is 5.20. The molecule has 1 saturated heterocycles. The van der Waals surface area contributed by atoms with Crippen molar-refractivity contribution in [3.63, 3.8) is 0 Å². The summed E-state index contributed by atoms with van der Waals surface area (Å²) in [5, 5.41) is 6.44. The van der Waals surface area contributed by atoms with Gasteiger partial charge in [0.1, 0.15) is 0 Å². The Morgan fingerprint density at radius 3 is 2.96 bits per heavy atom. The van der Waals surface area contributed by atoms with Crippen molar-refractivity contribution in [2.45, 2.75) is 39.2 Å². The highest BCUT2D eigenvalue weighted by atomic mass is 16.1. The minimum atomic E-state index is -0.0272. The SMILES string of the molecule is Cc1cc(C)c(CNC(=O)c2cccc([C@H]3CCCNC3)c2)cn1. The normalized spacial score (nSPS) is 17.5. The average molecular weight is 323 g/mol. The third kappa shape index (κ3) is 4.01. The van der Waals surface area contributed by atoms with E-state index in [2.05, 4.69) is 21.7 Å². The first-order valence-electron chi connectivity index (χ1n) is 8.64. The van der Waals surface area contributed by atoms with Gasteiger partial charge >= 0.3 is 0 Å². The first kappa shape index (κ1) is 16.7. The number of hydrogen-bond donors (Lipinski definition) is 2. The second-order valence-electron chi connectivity index (χ2n) is 6.60. The number of benzene rings is 1. The Balaban J connectivity index is 1.66. The van der Waals surface area contributed by atoms with Crippen LogP contribution in [0.5, 0.6) is 0 Å². The third-order valence-electron chi connectivity index (χ3n) is 4.71. The minimum absolute atomic E-state index is 0.0272. The van der Waals surface area contributed by atoms with E-state index in [4.69, 9.17) is 0 Å². The Morgan fingerprint density at radius 1 is 1.33 bits per heavy atom. The summed E-state index contributed by atoms with van der Waals surface area (Å²) in [6, 6.07) is 10.1. The molecule has 3 rings (SSSR count). The topological polar surface area (TPSA) is 54.0 Å². The standard InChI is InChI=1S/C20H25N3O/c1-14-9-15(2)22-12-19(14)13-23-20(24)17-6-3-5-16(10-17)18-7-4-8-21-11-18/h3,5-6,9-10,12,18,21H,4,7-8,11,13H2,1-2H3,(H,23,24)/t18-/m0/s1. The highest BCUT2D eigenvalue weighted by molar-refractivity contribution is 5.94. The molecule has 126 valence electrons. The Labute approximate surface area is 143 Å². The number of amides is 1. The molecule has 1 aliphatic rings. The van der Waals surface area contributed by atoms with Crippen LogP contribution in [0.3, 0.4) is 0 Å². The van der Waals surface area contributed by atoms with Crippen molar-refractivity contribution in [1.29, 1.82) is 0 Å². The van der Waals surface area contributed by atoms with E-state index in [9.17, 15) is 4.79 Å². The highest BCUT2D eigenvalue weighted by Gasteiger charge is 2.16. The number of carbonyl (C=O) groups excluding carboxylic acids is 1. The summed E-state index contributed by atoms with van der Waals surface area (Å²) in [5.74, 6) is 0.482. The van der Waals surface area contributed by atoms with Gasteiger partial charge < -0.3 is 10.6 Å². The molecule has 1 amide bonds. The maximum absolute atomic E-state index is 12.5. The molecule has 2 heterocycles. The smallest absolute Gasteiger partial charge is 0.251 e. The summed E-state index contributed by atoms with van der Waals surface area (Å²) in [4.78, 5) is 16.8. The van der Waals surface area contributed by atoms with Crippen molar-refractivity contribution < 1.29 is 4.79 Å². The number of carbonyl (C=O) groups is 1. The minimum Gasteiger partial charge on any atom is -0.348 e. The first-order chi connectivity index (χ1) is 11.6. The van der Waals surface area contributed by atoms with Crippen molar-refractivity contribution in [3.05, 3.63) is 64.5 Å². The summed E-state index contributed by atoms with van der Waals surface area (Å²) in [6.07, 6.45) is 4.22. The molecule has 0 saturated carbocycles. The predicted octanol–water partition coefficient (Wildman–Crippen LogP) is 3.10. The monoisotopic (exact) mass is 323 g/mol. The molecule has 2 N–H and O–H groups in total. The predicted molar refractivity (Wildman–Crippen MR) is 96.2 cm³/mol. The van der Waals surface area contributed by atoms with Crippen LogP contribution in [0, 0.1) is 13.8 Å². The van der Waals surface area contributed by atoms with Crippen LogP contribution in [0.25, 0.3) is 0 Å². The largest absolute Gasteiger partial charge is 0.348 e. The van der Waals surface area contributed by atoms with Crippen molar-refractivity contribution in [2.75, 3.05) is 13.1 Å². The van der Waals surface area contributed by atoms with Gasteiger partial charge in [-0.05, 0) is 74.0 Å². The number of hydrogen-bond acceptors (Lipinski definition) is 3. The summed E-state index contributed by atoms with van der Waals surface area (Å²) < 4.78 is 0. The van der Waals surface area contributed by atoms with Crippen LogP contribution in [0.1, 0.15) is 51.5 Å². The van der Waals surface area contributed by atoms with Crippen molar-refractivity contribution >= 4 is 5.91 Å². The van der Waals surface area contributed by atoms with Crippen LogP contribution in [-0.2, 0) is 6.54 Å². The molecule has 1 aromatic heterocycles. The lowest BCUT2D eigenvalue weighted by molar-refractivity contribution is 0.0950. The number of aromatic nitrogens is 1. The maximum Gasteiger partial charge on any atom is 0.251 e. The Kier molecular flexibility index (Phi) is 5.26. The molecule has 4 heteroatoms. The van der Waals surface area contributed by atoms with E-state index in [1.54, 1.807) is 0 Å². The molecule has 24 heavy (non-hydrogen) atoms. The first-order valence-corrected chi connectivity index (χ1v) is 8.64. The molecule has 0 spiro atoms. The number of rotatable bonds is 4. The second kappa shape index (κ2) is 7.58. The van der Waals surface area contributed by atoms with Gasteiger partial charge in [0, 0.05) is 30.5 Å². The fraction of sp³-hybridized carbons (Fsp3) is 0.400. The zero-order valence-electron chi connectivity index (χ0n) is 14.4. The van der Waals surface area contributed by atoms with Crippen LogP contribution in [0.15, 0.2) is 36.5 Å². The van der Waals surface area contributed by atoms with Crippen LogP contribution in [0.4, 0.5) is 0 Å². The van der Waals surface area contributed by atoms with Crippen LogP contribution < -0.4 is 10.6 Å². The summed E-state index contributed by atoms with van der Waals surface area (Å²) in [6.45, 7) is 6.63. The summed E-state index contributed by atoms with van der Waals surface area (Å²) >= 11 is 0. The molecule has 1 aromatic carbocycles. The molecule has 0 bridgehead atoms. The quantitative estimate of drug-likeness (QED) is 0.909. The lowest BCUT2D eigenvalue weighted by Crippen LogP contribution is -2.28. The van der Waals surface area contributed by atoms with Gasteiger partial charge in [0.2, 0.25) is 0 Å². The third-order valence-corrected chi connectivity index (χ3v) is 4.71.